The van der Waals surface area contributed by atoms with Gasteiger partial charge in [0.1, 0.15) is 5.82 Å². The summed E-state index contributed by atoms with van der Waals surface area (Å²) in [5.41, 5.74) is 1.14. The number of carbonyl (C=O) groups is 1. The van der Waals surface area contributed by atoms with Gasteiger partial charge in [0.2, 0.25) is 5.91 Å². The van der Waals surface area contributed by atoms with Crippen LogP contribution in [0.3, 0.4) is 0 Å². The maximum Gasteiger partial charge on any atom is 0.235 e. The molecule has 3 heterocycles. The van der Waals surface area contributed by atoms with Gasteiger partial charge in [-0.15, -0.1) is 23.1 Å². The Labute approximate surface area is 145 Å². The smallest absolute Gasteiger partial charge is 0.235 e. The zero-order valence-corrected chi connectivity index (χ0v) is 15.1. The summed E-state index contributed by atoms with van der Waals surface area (Å²) in [6.45, 7) is 0. The third-order valence-electron chi connectivity index (χ3n) is 4.27. The zero-order chi connectivity index (χ0) is 15.1. The van der Waals surface area contributed by atoms with Crippen molar-refractivity contribution >= 4 is 50.8 Å². The first-order valence-electron chi connectivity index (χ1n) is 7.46. The Hall–Kier alpha value is -0.790. The van der Waals surface area contributed by atoms with Gasteiger partial charge in [0.05, 0.1) is 27.0 Å². The fraction of sp³-hybridized carbons (Fsp3) is 0.467. The van der Waals surface area contributed by atoms with Crippen LogP contribution in [0.4, 0.5) is 5.82 Å². The van der Waals surface area contributed by atoms with E-state index >= 15 is 0 Å². The maximum atomic E-state index is 12.1. The fourth-order valence-electron chi connectivity index (χ4n) is 3.24. The van der Waals surface area contributed by atoms with Crippen molar-refractivity contribution in [2.75, 3.05) is 11.1 Å². The van der Waals surface area contributed by atoms with Crippen molar-refractivity contribution < 1.29 is 4.79 Å². The van der Waals surface area contributed by atoms with E-state index in [9.17, 15) is 4.79 Å². The molecule has 1 fully saturated rings. The van der Waals surface area contributed by atoms with E-state index in [4.69, 9.17) is 0 Å². The molecule has 0 radical (unpaired) electrons. The van der Waals surface area contributed by atoms with Gasteiger partial charge in [0.25, 0.3) is 0 Å². The van der Waals surface area contributed by atoms with E-state index in [1.807, 2.05) is 6.20 Å². The van der Waals surface area contributed by atoms with Gasteiger partial charge in [-0.1, -0.05) is 12.8 Å². The number of rotatable bonds is 2. The SMILES string of the molecule is O=C1CSC(c2ccc(Br)s2)c2cnn(C3CCCC3)c2N1. The summed E-state index contributed by atoms with van der Waals surface area (Å²) in [5.74, 6) is 1.47. The molecule has 1 aliphatic carbocycles. The summed E-state index contributed by atoms with van der Waals surface area (Å²) in [6.07, 6.45) is 6.77. The Balaban J connectivity index is 1.77. The number of aromatic nitrogens is 2. The number of hydrogen-bond donors (Lipinski definition) is 1. The number of halogens is 1. The Morgan fingerprint density at radius 2 is 2.14 bits per heavy atom. The molecule has 1 amide bonds. The van der Waals surface area contributed by atoms with Crippen LogP contribution in [0.1, 0.15) is 47.4 Å². The van der Waals surface area contributed by atoms with Gasteiger partial charge >= 0.3 is 0 Å². The highest BCUT2D eigenvalue weighted by atomic mass is 79.9. The second-order valence-electron chi connectivity index (χ2n) is 5.71. The molecule has 0 aromatic carbocycles. The minimum Gasteiger partial charge on any atom is -0.310 e. The van der Waals surface area contributed by atoms with E-state index < -0.39 is 0 Å². The van der Waals surface area contributed by atoms with Crippen LogP contribution in [-0.4, -0.2) is 21.4 Å². The maximum absolute atomic E-state index is 12.1. The molecule has 0 spiro atoms. The lowest BCUT2D eigenvalue weighted by Gasteiger charge is -2.15. The summed E-state index contributed by atoms with van der Waals surface area (Å²) in [6, 6.07) is 4.64. The molecule has 0 saturated heterocycles. The van der Waals surface area contributed by atoms with Gasteiger partial charge in [0.15, 0.2) is 0 Å². The summed E-state index contributed by atoms with van der Waals surface area (Å²) in [7, 11) is 0. The molecule has 2 aromatic heterocycles. The number of hydrogen-bond acceptors (Lipinski definition) is 4. The number of fused-ring (bicyclic) bond motifs is 1. The van der Waals surface area contributed by atoms with Crippen molar-refractivity contribution in [1.82, 2.24) is 9.78 Å². The first-order valence-corrected chi connectivity index (χ1v) is 10.1. The lowest BCUT2D eigenvalue weighted by atomic mass is 10.2. The van der Waals surface area contributed by atoms with Crippen molar-refractivity contribution in [3.8, 4) is 0 Å². The fourth-order valence-corrected chi connectivity index (χ4v) is 6.00. The molecule has 2 aromatic rings. The molecule has 7 heteroatoms. The molecule has 1 N–H and O–H groups in total. The number of thiophene rings is 1. The molecule has 2 aliphatic rings. The molecule has 1 aliphatic heterocycles. The van der Waals surface area contributed by atoms with Gasteiger partial charge in [-0.25, -0.2) is 4.68 Å². The van der Waals surface area contributed by atoms with Crippen LogP contribution in [-0.2, 0) is 4.79 Å². The zero-order valence-electron chi connectivity index (χ0n) is 11.9. The van der Waals surface area contributed by atoms with Gasteiger partial charge < -0.3 is 5.32 Å². The highest BCUT2D eigenvalue weighted by Gasteiger charge is 2.31. The van der Waals surface area contributed by atoms with E-state index in [1.165, 1.54) is 17.7 Å². The second-order valence-corrected chi connectivity index (χ2v) is 9.30. The standard InChI is InChI=1S/C15H16BrN3OS2/c16-12-6-5-11(22-12)14-10-7-17-19(9-3-1-2-4-9)15(10)18-13(20)8-21-14/h5-7,9,14H,1-4,8H2,(H,18,20). The Kier molecular flexibility index (Phi) is 4.04. The van der Waals surface area contributed by atoms with Crippen LogP contribution in [0.5, 0.6) is 0 Å². The molecule has 0 bridgehead atoms. The predicted molar refractivity (Wildman–Crippen MR) is 94.7 cm³/mol. The van der Waals surface area contributed by atoms with Crippen LogP contribution < -0.4 is 5.32 Å². The second kappa shape index (κ2) is 6.02. The molecule has 1 unspecified atom stereocenters. The van der Waals surface area contributed by atoms with Crippen molar-refractivity contribution in [3.05, 3.63) is 32.6 Å². The molecule has 22 heavy (non-hydrogen) atoms. The van der Waals surface area contributed by atoms with Crippen molar-refractivity contribution in [2.45, 2.75) is 37.0 Å². The number of anilines is 1. The Bertz CT molecular complexity index is 705. The molecular weight excluding hydrogens is 382 g/mol. The topological polar surface area (TPSA) is 46.9 Å². The van der Waals surface area contributed by atoms with Crippen LogP contribution in [0.25, 0.3) is 0 Å². The summed E-state index contributed by atoms with van der Waals surface area (Å²) >= 11 is 6.95. The lowest BCUT2D eigenvalue weighted by molar-refractivity contribution is -0.113. The van der Waals surface area contributed by atoms with Crippen molar-refractivity contribution in [3.63, 3.8) is 0 Å². The summed E-state index contributed by atoms with van der Waals surface area (Å²) in [4.78, 5) is 13.4. The van der Waals surface area contributed by atoms with Gasteiger partial charge in [-0.2, -0.15) is 5.10 Å². The van der Waals surface area contributed by atoms with E-state index in [0.717, 1.165) is 28.0 Å². The number of thioether (sulfide) groups is 1. The molecule has 1 saturated carbocycles. The first-order chi connectivity index (χ1) is 10.7. The predicted octanol–water partition coefficient (Wildman–Crippen LogP) is 4.60. The highest BCUT2D eigenvalue weighted by Crippen LogP contribution is 2.46. The number of nitrogens with zero attached hydrogens (tertiary/aromatic N) is 2. The monoisotopic (exact) mass is 397 g/mol. The lowest BCUT2D eigenvalue weighted by Crippen LogP contribution is -2.18. The average Bonchev–Trinajstić information content (AvgIpc) is 3.20. The van der Waals surface area contributed by atoms with Crippen molar-refractivity contribution in [2.24, 2.45) is 0 Å². The Morgan fingerprint density at radius 1 is 1.32 bits per heavy atom. The average molecular weight is 398 g/mol. The van der Waals surface area contributed by atoms with E-state index in [1.54, 1.807) is 23.1 Å². The van der Waals surface area contributed by atoms with Gasteiger partial charge in [-0.05, 0) is 40.9 Å². The molecule has 4 nitrogen and oxygen atoms in total. The third kappa shape index (κ3) is 2.63. The first kappa shape index (κ1) is 14.8. The minimum absolute atomic E-state index is 0.0733. The Morgan fingerprint density at radius 3 is 2.86 bits per heavy atom. The summed E-state index contributed by atoms with van der Waals surface area (Å²) < 4.78 is 3.18. The molecule has 4 rings (SSSR count). The normalized spacial score (nSPS) is 22.4. The van der Waals surface area contributed by atoms with E-state index in [-0.39, 0.29) is 11.2 Å². The van der Waals surface area contributed by atoms with Crippen molar-refractivity contribution in [1.29, 1.82) is 0 Å². The van der Waals surface area contributed by atoms with Gasteiger partial charge in [0, 0.05) is 10.4 Å². The van der Waals surface area contributed by atoms with Crippen LogP contribution in [0.15, 0.2) is 22.1 Å². The summed E-state index contributed by atoms with van der Waals surface area (Å²) in [5, 5.41) is 7.89. The minimum atomic E-state index is 0.0733. The van der Waals surface area contributed by atoms with Crippen LogP contribution in [0, 0.1) is 0 Å². The largest absolute Gasteiger partial charge is 0.310 e. The van der Waals surface area contributed by atoms with Gasteiger partial charge in [-0.3, -0.25) is 4.79 Å². The van der Waals surface area contributed by atoms with E-state index in [0.29, 0.717) is 11.8 Å². The van der Waals surface area contributed by atoms with Crippen LogP contribution >= 0.6 is 39.0 Å². The molecule has 1 atom stereocenters. The highest BCUT2D eigenvalue weighted by molar-refractivity contribution is 9.11. The number of nitrogens with one attached hydrogen (secondary N) is 1. The third-order valence-corrected chi connectivity index (χ3v) is 7.38. The molecular formula is C15H16BrN3OS2. The number of amides is 1. The van der Waals surface area contributed by atoms with Crippen LogP contribution in [0.2, 0.25) is 0 Å². The number of carbonyl (C=O) groups excluding carboxylic acids is 1. The molecule has 116 valence electrons. The quantitative estimate of drug-likeness (QED) is 0.805. The van der Waals surface area contributed by atoms with E-state index in [2.05, 4.69) is 43.2 Å².